The van der Waals surface area contributed by atoms with Gasteiger partial charge in [0.25, 0.3) is 0 Å². The molecule has 0 fully saturated rings. The maximum absolute atomic E-state index is 12.2. The molecule has 0 unspecified atom stereocenters. The van der Waals surface area contributed by atoms with Crippen molar-refractivity contribution in [1.29, 1.82) is 0 Å². The molecule has 2 aromatic rings. The minimum absolute atomic E-state index is 0.0646. The summed E-state index contributed by atoms with van der Waals surface area (Å²) in [7, 11) is 1.42. The number of carbonyl (C=O) groups is 3. The zero-order valence-corrected chi connectivity index (χ0v) is 14.2. The Morgan fingerprint density at radius 3 is 2.52 bits per heavy atom. The minimum atomic E-state index is -1.00. The van der Waals surface area contributed by atoms with Gasteiger partial charge >= 0.3 is 0 Å². The van der Waals surface area contributed by atoms with Crippen LogP contribution in [0.2, 0.25) is 0 Å². The standard InChI is InChI=1S/C17H21N5O3/c1-11-8-13(12-6-4-3-5-7-12)21-22(11)10-16(24)20-14(9-15(18)23)17(25)19-2/h3-8,14H,9-10H2,1-2H3,(H2,18,23)(H,19,25)(H,20,24)/t14-/m0/s1. The second kappa shape index (κ2) is 8.09. The van der Waals surface area contributed by atoms with E-state index in [0.29, 0.717) is 0 Å². The number of rotatable bonds is 7. The predicted molar refractivity (Wildman–Crippen MR) is 92.2 cm³/mol. The molecule has 0 spiro atoms. The number of nitrogens with one attached hydrogen (secondary N) is 2. The van der Waals surface area contributed by atoms with Crippen LogP contribution in [-0.2, 0) is 20.9 Å². The van der Waals surface area contributed by atoms with Crippen molar-refractivity contribution in [2.75, 3.05) is 7.05 Å². The van der Waals surface area contributed by atoms with Crippen molar-refractivity contribution in [3.8, 4) is 11.3 Å². The van der Waals surface area contributed by atoms with Crippen LogP contribution in [0.5, 0.6) is 0 Å². The molecule has 1 aromatic heterocycles. The molecule has 0 saturated carbocycles. The van der Waals surface area contributed by atoms with Gasteiger partial charge in [0.05, 0.1) is 12.1 Å². The number of aromatic nitrogens is 2. The molecule has 0 saturated heterocycles. The molecular weight excluding hydrogens is 322 g/mol. The lowest BCUT2D eigenvalue weighted by Crippen LogP contribution is -2.48. The second-order valence-corrected chi connectivity index (χ2v) is 5.60. The van der Waals surface area contributed by atoms with Gasteiger partial charge < -0.3 is 16.4 Å². The van der Waals surface area contributed by atoms with E-state index in [-0.39, 0.29) is 13.0 Å². The van der Waals surface area contributed by atoms with E-state index in [4.69, 9.17) is 5.73 Å². The number of amides is 3. The Kier molecular flexibility index (Phi) is 5.89. The van der Waals surface area contributed by atoms with Crippen LogP contribution in [-0.4, -0.2) is 40.6 Å². The first-order valence-electron chi connectivity index (χ1n) is 7.80. The third-order valence-corrected chi connectivity index (χ3v) is 3.65. The molecule has 1 heterocycles. The Bertz CT molecular complexity index is 770. The van der Waals surface area contributed by atoms with Gasteiger partial charge in [0.2, 0.25) is 17.7 Å². The summed E-state index contributed by atoms with van der Waals surface area (Å²) in [5, 5.41) is 9.32. The molecule has 1 aromatic carbocycles. The maximum Gasteiger partial charge on any atom is 0.242 e. The van der Waals surface area contributed by atoms with Gasteiger partial charge in [0.1, 0.15) is 12.6 Å². The highest BCUT2D eigenvalue weighted by atomic mass is 16.2. The molecule has 1 atom stereocenters. The minimum Gasteiger partial charge on any atom is -0.370 e. The molecule has 0 aliphatic carbocycles. The van der Waals surface area contributed by atoms with Crippen molar-refractivity contribution in [1.82, 2.24) is 20.4 Å². The first-order valence-corrected chi connectivity index (χ1v) is 7.80. The monoisotopic (exact) mass is 343 g/mol. The van der Waals surface area contributed by atoms with Gasteiger partial charge in [-0.15, -0.1) is 0 Å². The number of benzene rings is 1. The molecule has 0 bridgehead atoms. The summed E-state index contributed by atoms with van der Waals surface area (Å²) in [5.41, 5.74) is 7.63. The lowest BCUT2D eigenvalue weighted by atomic mass is 10.1. The number of hydrogen-bond donors (Lipinski definition) is 3. The highest BCUT2D eigenvalue weighted by Gasteiger charge is 2.22. The molecule has 0 radical (unpaired) electrons. The normalized spacial score (nSPS) is 11.6. The van der Waals surface area contributed by atoms with Crippen LogP contribution in [0.3, 0.4) is 0 Å². The molecule has 2 rings (SSSR count). The van der Waals surface area contributed by atoms with E-state index < -0.39 is 23.8 Å². The summed E-state index contributed by atoms with van der Waals surface area (Å²) in [6.07, 6.45) is -0.265. The van der Waals surface area contributed by atoms with Gasteiger partial charge in [-0.1, -0.05) is 30.3 Å². The average molecular weight is 343 g/mol. The Morgan fingerprint density at radius 2 is 1.92 bits per heavy atom. The number of nitrogens with two attached hydrogens (primary N) is 1. The second-order valence-electron chi connectivity index (χ2n) is 5.60. The Balaban J connectivity index is 2.08. The molecule has 0 aliphatic heterocycles. The van der Waals surface area contributed by atoms with E-state index in [9.17, 15) is 14.4 Å². The van der Waals surface area contributed by atoms with E-state index in [2.05, 4.69) is 15.7 Å². The lowest BCUT2D eigenvalue weighted by molar-refractivity contribution is -0.131. The summed E-state index contributed by atoms with van der Waals surface area (Å²) in [4.78, 5) is 35.0. The van der Waals surface area contributed by atoms with Crippen LogP contribution >= 0.6 is 0 Å². The molecular formula is C17H21N5O3. The predicted octanol–water partition coefficient (Wildman–Crippen LogP) is -0.0353. The highest BCUT2D eigenvalue weighted by Crippen LogP contribution is 2.18. The van der Waals surface area contributed by atoms with Crippen molar-refractivity contribution in [2.45, 2.75) is 25.9 Å². The first-order chi connectivity index (χ1) is 11.9. The molecule has 132 valence electrons. The Labute approximate surface area is 145 Å². The molecule has 3 amide bonds. The number of nitrogens with zero attached hydrogens (tertiary/aromatic N) is 2. The molecule has 4 N–H and O–H groups in total. The van der Waals surface area contributed by atoms with Gasteiger partial charge in [-0.3, -0.25) is 19.1 Å². The van der Waals surface area contributed by atoms with Gasteiger partial charge in [0, 0.05) is 18.3 Å². The quantitative estimate of drug-likeness (QED) is 0.654. The zero-order valence-electron chi connectivity index (χ0n) is 14.2. The van der Waals surface area contributed by atoms with Crippen LogP contribution in [0.1, 0.15) is 12.1 Å². The molecule has 0 aliphatic rings. The van der Waals surface area contributed by atoms with Crippen LogP contribution < -0.4 is 16.4 Å². The van der Waals surface area contributed by atoms with Crippen LogP contribution in [0.25, 0.3) is 11.3 Å². The third kappa shape index (κ3) is 4.90. The van der Waals surface area contributed by atoms with Gasteiger partial charge in [-0.25, -0.2) is 0 Å². The zero-order chi connectivity index (χ0) is 18.4. The number of primary amides is 1. The summed E-state index contributed by atoms with van der Waals surface area (Å²) in [6.45, 7) is 1.78. The topological polar surface area (TPSA) is 119 Å². The Morgan fingerprint density at radius 1 is 1.24 bits per heavy atom. The summed E-state index contributed by atoms with van der Waals surface area (Å²) in [6, 6.07) is 10.5. The fourth-order valence-corrected chi connectivity index (χ4v) is 2.38. The summed E-state index contributed by atoms with van der Waals surface area (Å²) in [5.74, 6) is -1.58. The van der Waals surface area contributed by atoms with Crippen molar-refractivity contribution in [3.05, 3.63) is 42.1 Å². The third-order valence-electron chi connectivity index (χ3n) is 3.65. The molecule has 8 heteroatoms. The smallest absolute Gasteiger partial charge is 0.242 e. The SMILES string of the molecule is CNC(=O)[C@H](CC(N)=O)NC(=O)Cn1nc(-c2ccccc2)cc1C. The maximum atomic E-state index is 12.2. The summed E-state index contributed by atoms with van der Waals surface area (Å²) >= 11 is 0. The summed E-state index contributed by atoms with van der Waals surface area (Å²) < 4.78 is 1.54. The fraction of sp³-hybridized carbons (Fsp3) is 0.294. The van der Waals surface area contributed by atoms with Crippen molar-refractivity contribution >= 4 is 17.7 Å². The van der Waals surface area contributed by atoms with Crippen molar-refractivity contribution < 1.29 is 14.4 Å². The van der Waals surface area contributed by atoms with Crippen LogP contribution in [0.15, 0.2) is 36.4 Å². The number of likely N-dealkylation sites (N-methyl/N-ethyl adjacent to an activating group) is 1. The van der Waals surface area contributed by atoms with Gasteiger partial charge in [0.15, 0.2) is 0 Å². The largest absolute Gasteiger partial charge is 0.370 e. The van der Waals surface area contributed by atoms with Crippen LogP contribution in [0.4, 0.5) is 0 Å². The van der Waals surface area contributed by atoms with E-state index in [1.54, 1.807) is 4.68 Å². The van der Waals surface area contributed by atoms with E-state index >= 15 is 0 Å². The van der Waals surface area contributed by atoms with Crippen molar-refractivity contribution in [2.24, 2.45) is 5.73 Å². The van der Waals surface area contributed by atoms with Gasteiger partial charge in [-0.05, 0) is 13.0 Å². The fourth-order valence-electron chi connectivity index (χ4n) is 2.38. The van der Waals surface area contributed by atoms with Gasteiger partial charge in [-0.2, -0.15) is 5.10 Å². The highest BCUT2D eigenvalue weighted by molar-refractivity contribution is 5.91. The molecule has 25 heavy (non-hydrogen) atoms. The number of aryl methyl sites for hydroxylation is 1. The average Bonchev–Trinajstić information content (AvgIpc) is 2.94. The molecule has 8 nitrogen and oxygen atoms in total. The Hall–Kier alpha value is -3.16. The van der Waals surface area contributed by atoms with Crippen molar-refractivity contribution in [3.63, 3.8) is 0 Å². The number of carbonyl (C=O) groups excluding carboxylic acids is 3. The van der Waals surface area contributed by atoms with Crippen LogP contribution in [0, 0.1) is 6.92 Å². The van der Waals surface area contributed by atoms with E-state index in [1.165, 1.54) is 7.05 Å². The lowest BCUT2D eigenvalue weighted by Gasteiger charge is -2.16. The first kappa shape index (κ1) is 18.2. The number of hydrogen-bond acceptors (Lipinski definition) is 4. The van der Waals surface area contributed by atoms with E-state index in [1.807, 2.05) is 43.3 Å². The van der Waals surface area contributed by atoms with E-state index in [0.717, 1.165) is 17.0 Å².